The van der Waals surface area contributed by atoms with Gasteiger partial charge in [-0.05, 0) is 67.8 Å². The summed E-state index contributed by atoms with van der Waals surface area (Å²) < 4.78 is 10.1. The van der Waals surface area contributed by atoms with E-state index in [0.717, 1.165) is 39.0 Å². The quantitative estimate of drug-likeness (QED) is 0.326. The molecule has 180 valence electrons. The molecule has 0 aliphatic heterocycles. The van der Waals surface area contributed by atoms with Crippen LogP contribution >= 0.6 is 0 Å². The van der Waals surface area contributed by atoms with Crippen LogP contribution < -0.4 is 5.69 Å². The van der Waals surface area contributed by atoms with Gasteiger partial charge < -0.3 is 4.74 Å². The molecular weight excluding hydrogens is 440 g/mol. The van der Waals surface area contributed by atoms with Gasteiger partial charge >= 0.3 is 11.7 Å². The molecule has 0 saturated heterocycles. The summed E-state index contributed by atoms with van der Waals surface area (Å²) in [6.07, 6.45) is 3.77. The van der Waals surface area contributed by atoms with Crippen molar-refractivity contribution in [2.24, 2.45) is 0 Å². The van der Waals surface area contributed by atoms with Gasteiger partial charge in [0.25, 0.3) is 0 Å². The first-order chi connectivity index (χ1) is 17.0. The number of imidazole rings is 1. The van der Waals surface area contributed by atoms with Crippen LogP contribution in [0.25, 0.3) is 33.4 Å². The molecule has 5 aromatic rings. The number of para-hydroxylation sites is 1. The lowest BCUT2D eigenvalue weighted by Gasteiger charge is -2.11. The van der Waals surface area contributed by atoms with Crippen LogP contribution in [0.2, 0.25) is 0 Å². The molecule has 0 spiro atoms. The molecular formula is C28H30N4O3. The van der Waals surface area contributed by atoms with Gasteiger partial charge in [0.2, 0.25) is 0 Å². The van der Waals surface area contributed by atoms with Crippen LogP contribution in [0, 0.1) is 13.8 Å². The van der Waals surface area contributed by atoms with E-state index in [-0.39, 0.29) is 18.8 Å². The highest BCUT2D eigenvalue weighted by Crippen LogP contribution is 2.29. The Bertz CT molecular complexity index is 1570. The number of esters is 1. The maximum atomic E-state index is 13.5. The molecule has 3 heterocycles. The number of ether oxygens (including phenoxy) is 1. The molecule has 0 radical (unpaired) electrons. The van der Waals surface area contributed by atoms with Crippen molar-refractivity contribution in [1.82, 2.24) is 18.7 Å². The highest BCUT2D eigenvalue weighted by molar-refractivity contribution is 5.85. The molecule has 0 unspecified atom stereocenters. The lowest BCUT2D eigenvalue weighted by atomic mass is 10.0. The first kappa shape index (κ1) is 24.0. The molecule has 5 rings (SSSR count). The van der Waals surface area contributed by atoms with E-state index in [1.165, 1.54) is 4.57 Å². The first-order valence-corrected chi connectivity index (χ1v) is 11.9. The predicted octanol–water partition coefficient (Wildman–Crippen LogP) is 5.31. The SMILES string of the molecule is CC.CCOC(=O)Cn1c(=O)n(-c2ccc(-c3cnn4ccccc34)cc2C)c2c(C)cccc21. The standard InChI is InChI=1S/C26H24N4O3.C2H6/c1-4-33-24(31)16-28-23-10-7-8-17(2)25(23)30(26(28)32)21-12-11-19(14-18(21)3)20-15-27-29-13-6-5-9-22(20)29;1-2/h5-15H,4,16H2,1-3H3;1-2H3. The summed E-state index contributed by atoms with van der Waals surface area (Å²) in [5.41, 5.74) is 6.99. The van der Waals surface area contributed by atoms with Crippen molar-refractivity contribution in [2.75, 3.05) is 6.61 Å². The van der Waals surface area contributed by atoms with Gasteiger partial charge in [-0.3, -0.25) is 13.9 Å². The minimum Gasteiger partial charge on any atom is -0.465 e. The number of aromatic nitrogens is 4. The second-order valence-corrected chi connectivity index (χ2v) is 8.04. The molecule has 2 aromatic carbocycles. The van der Waals surface area contributed by atoms with Crippen LogP contribution in [0.5, 0.6) is 0 Å². The van der Waals surface area contributed by atoms with Crippen molar-refractivity contribution in [3.63, 3.8) is 0 Å². The zero-order valence-corrected chi connectivity index (χ0v) is 20.8. The number of hydrogen-bond donors (Lipinski definition) is 0. The number of benzene rings is 2. The molecule has 0 atom stereocenters. The molecule has 7 heteroatoms. The third kappa shape index (κ3) is 4.25. The first-order valence-electron chi connectivity index (χ1n) is 11.9. The number of carbonyl (C=O) groups is 1. The number of carbonyl (C=O) groups excluding carboxylic acids is 1. The molecule has 0 aliphatic rings. The minimum atomic E-state index is -0.430. The third-order valence-corrected chi connectivity index (χ3v) is 5.92. The zero-order chi connectivity index (χ0) is 25.1. The van der Waals surface area contributed by atoms with Gasteiger partial charge in [-0.2, -0.15) is 5.10 Å². The Hall–Kier alpha value is -4.13. The maximum Gasteiger partial charge on any atom is 0.334 e. The van der Waals surface area contributed by atoms with E-state index in [9.17, 15) is 9.59 Å². The Kier molecular flexibility index (Phi) is 6.87. The molecule has 7 nitrogen and oxygen atoms in total. The van der Waals surface area contributed by atoms with Crippen LogP contribution in [-0.2, 0) is 16.1 Å². The topological polar surface area (TPSA) is 70.5 Å². The fourth-order valence-corrected chi connectivity index (χ4v) is 4.41. The fourth-order valence-electron chi connectivity index (χ4n) is 4.41. The number of fused-ring (bicyclic) bond motifs is 2. The average Bonchev–Trinajstić information content (AvgIpc) is 3.41. The fraction of sp³-hybridized carbons (Fsp3) is 0.250. The Labute approximate surface area is 204 Å². The van der Waals surface area contributed by atoms with Crippen molar-refractivity contribution >= 4 is 22.5 Å². The van der Waals surface area contributed by atoms with Crippen LogP contribution in [0.1, 0.15) is 31.9 Å². The zero-order valence-electron chi connectivity index (χ0n) is 20.8. The third-order valence-electron chi connectivity index (χ3n) is 5.92. The van der Waals surface area contributed by atoms with E-state index in [4.69, 9.17) is 4.74 Å². The molecule has 0 bridgehead atoms. The van der Waals surface area contributed by atoms with Gasteiger partial charge in [0.1, 0.15) is 6.54 Å². The Morgan fingerprint density at radius 1 is 0.971 bits per heavy atom. The number of aryl methyl sites for hydroxylation is 2. The van der Waals surface area contributed by atoms with Gasteiger partial charge in [-0.15, -0.1) is 0 Å². The second-order valence-electron chi connectivity index (χ2n) is 8.04. The van der Waals surface area contributed by atoms with Crippen LogP contribution in [0.15, 0.2) is 71.8 Å². The van der Waals surface area contributed by atoms with E-state index < -0.39 is 5.97 Å². The molecule has 0 amide bonds. The Morgan fingerprint density at radius 2 is 1.74 bits per heavy atom. The summed E-state index contributed by atoms with van der Waals surface area (Å²) in [4.78, 5) is 25.7. The Morgan fingerprint density at radius 3 is 2.49 bits per heavy atom. The van der Waals surface area contributed by atoms with E-state index in [0.29, 0.717) is 5.52 Å². The van der Waals surface area contributed by atoms with E-state index in [1.54, 1.807) is 11.5 Å². The van der Waals surface area contributed by atoms with E-state index >= 15 is 0 Å². The molecule has 3 aromatic heterocycles. The van der Waals surface area contributed by atoms with Gasteiger partial charge in [0.15, 0.2) is 0 Å². The average molecular weight is 471 g/mol. The lowest BCUT2D eigenvalue weighted by Crippen LogP contribution is -2.27. The molecule has 0 saturated carbocycles. The second kappa shape index (κ2) is 10.0. The number of nitrogens with zero attached hydrogens (tertiary/aromatic N) is 4. The van der Waals surface area contributed by atoms with Crippen molar-refractivity contribution < 1.29 is 9.53 Å². The maximum absolute atomic E-state index is 13.5. The van der Waals surface area contributed by atoms with Crippen LogP contribution in [0.4, 0.5) is 0 Å². The largest absolute Gasteiger partial charge is 0.465 e. The predicted molar refractivity (Wildman–Crippen MR) is 139 cm³/mol. The summed E-state index contributed by atoms with van der Waals surface area (Å²) in [5.74, 6) is -0.430. The van der Waals surface area contributed by atoms with E-state index in [2.05, 4.69) is 11.2 Å². The molecule has 0 N–H and O–H groups in total. The molecule has 0 aliphatic carbocycles. The highest BCUT2D eigenvalue weighted by Gasteiger charge is 2.20. The molecule has 0 fully saturated rings. The highest BCUT2D eigenvalue weighted by atomic mass is 16.5. The van der Waals surface area contributed by atoms with Crippen molar-refractivity contribution in [1.29, 1.82) is 0 Å². The summed E-state index contributed by atoms with van der Waals surface area (Å²) in [5, 5.41) is 4.43. The Balaban J connectivity index is 0.00000141. The van der Waals surface area contributed by atoms with Crippen LogP contribution in [0.3, 0.4) is 0 Å². The summed E-state index contributed by atoms with van der Waals surface area (Å²) >= 11 is 0. The van der Waals surface area contributed by atoms with Crippen molar-refractivity contribution in [3.05, 3.63) is 88.6 Å². The normalized spacial score (nSPS) is 10.9. The van der Waals surface area contributed by atoms with E-state index in [1.807, 2.05) is 93.1 Å². The summed E-state index contributed by atoms with van der Waals surface area (Å²) in [6.45, 7) is 9.86. The van der Waals surface area contributed by atoms with Crippen LogP contribution in [-0.4, -0.2) is 31.3 Å². The monoisotopic (exact) mass is 470 g/mol. The van der Waals surface area contributed by atoms with Crippen molar-refractivity contribution in [2.45, 2.75) is 41.2 Å². The molecule has 35 heavy (non-hydrogen) atoms. The minimum absolute atomic E-state index is 0.126. The number of pyridine rings is 1. The van der Waals surface area contributed by atoms with Gasteiger partial charge in [0, 0.05) is 11.8 Å². The van der Waals surface area contributed by atoms with Gasteiger partial charge in [-0.1, -0.05) is 38.1 Å². The van der Waals surface area contributed by atoms with Gasteiger partial charge in [-0.25, -0.2) is 9.31 Å². The number of rotatable bonds is 5. The lowest BCUT2D eigenvalue weighted by molar-refractivity contribution is -0.143. The summed E-state index contributed by atoms with van der Waals surface area (Å²) in [7, 11) is 0. The van der Waals surface area contributed by atoms with Crippen molar-refractivity contribution in [3.8, 4) is 16.8 Å². The van der Waals surface area contributed by atoms with Gasteiger partial charge in [0.05, 0.1) is 35.0 Å². The smallest absolute Gasteiger partial charge is 0.334 e. The summed E-state index contributed by atoms with van der Waals surface area (Å²) in [6, 6.07) is 17.7. The number of hydrogen-bond acceptors (Lipinski definition) is 4.